The second-order valence-corrected chi connectivity index (χ2v) is 6.44. The molecule has 3 rings (SSSR count). The molecule has 1 amide bonds. The Labute approximate surface area is 164 Å². The zero-order chi connectivity index (χ0) is 19.8. The quantitative estimate of drug-likeness (QED) is 0.526. The Balaban J connectivity index is 1.58. The summed E-state index contributed by atoms with van der Waals surface area (Å²) in [5.41, 5.74) is 3.34. The third-order valence-corrected chi connectivity index (χ3v) is 4.31. The Hall–Kier alpha value is -2.90. The molecule has 2 aromatic heterocycles. The number of hydrogen-bond acceptors (Lipinski definition) is 5. The lowest BCUT2D eigenvalue weighted by Gasteiger charge is -2.11. The van der Waals surface area contributed by atoms with Crippen LogP contribution in [0.25, 0.3) is 5.65 Å². The van der Waals surface area contributed by atoms with Gasteiger partial charge in [-0.25, -0.2) is 4.98 Å². The van der Waals surface area contributed by atoms with Crippen molar-refractivity contribution in [2.45, 2.75) is 13.5 Å². The van der Waals surface area contributed by atoms with E-state index in [0.29, 0.717) is 37.6 Å². The molecule has 0 saturated heterocycles. The van der Waals surface area contributed by atoms with E-state index in [0.717, 1.165) is 23.4 Å². The van der Waals surface area contributed by atoms with Gasteiger partial charge in [-0.15, -0.1) is 0 Å². The number of methoxy groups -OCH3 is 1. The number of carbonyl (C=O) groups is 1. The smallest absolute Gasteiger partial charge is 0.255 e. The molecule has 148 valence electrons. The summed E-state index contributed by atoms with van der Waals surface area (Å²) in [6.45, 7) is 4.93. The first kappa shape index (κ1) is 19.9. The number of nitrogens with one attached hydrogen (secondary N) is 2. The first-order valence-corrected chi connectivity index (χ1v) is 9.32. The van der Waals surface area contributed by atoms with E-state index in [-0.39, 0.29) is 5.91 Å². The molecule has 7 nitrogen and oxygen atoms in total. The molecule has 2 N–H and O–H groups in total. The number of aromatic nitrogens is 2. The van der Waals surface area contributed by atoms with Gasteiger partial charge in [0.2, 0.25) is 0 Å². The summed E-state index contributed by atoms with van der Waals surface area (Å²) >= 11 is 0. The van der Waals surface area contributed by atoms with Crippen LogP contribution >= 0.6 is 0 Å². The normalized spacial score (nSPS) is 10.9. The number of hydrogen-bond donors (Lipinski definition) is 2. The number of nitrogens with zero attached hydrogens (tertiary/aromatic N) is 2. The molecule has 0 aliphatic rings. The van der Waals surface area contributed by atoms with Crippen LogP contribution in [0.4, 0.5) is 0 Å². The molecule has 0 aliphatic heterocycles. The zero-order valence-electron chi connectivity index (χ0n) is 16.3. The molecule has 0 unspecified atom stereocenters. The first-order valence-electron chi connectivity index (χ1n) is 9.32. The van der Waals surface area contributed by atoms with Crippen molar-refractivity contribution < 1.29 is 14.3 Å². The van der Waals surface area contributed by atoms with E-state index in [1.54, 1.807) is 19.2 Å². The Morgan fingerprint density at radius 1 is 1.14 bits per heavy atom. The average Bonchev–Trinajstić information content (AvgIpc) is 3.14. The van der Waals surface area contributed by atoms with Crippen LogP contribution in [0, 0.1) is 6.92 Å². The van der Waals surface area contributed by atoms with E-state index in [1.165, 1.54) is 0 Å². The van der Waals surface area contributed by atoms with Gasteiger partial charge in [-0.05, 0) is 30.7 Å². The van der Waals surface area contributed by atoms with Gasteiger partial charge in [0, 0.05) is 39.1 Å². The topological polar surface area (TPSA) is 76.9 Å². The van der Waals surface area contributed by atoms with E-state index >= 15 is 0 Å². The highest BCUT2D eigenvalue weighted by molar-refractivity contribution is 5.96. The van der Waals surface area contributed by atoms with Crippen LogP contribution in [-0.2, 0) is 11.3 Å². The number of ether oxygens (including phenoxy) is 2. The van der Waals surface area contributed by atoms with Gasteiger partial charge >= 0.3 is 0 Å². The second-order valence-electron chi connectivity index (χ2n) is 6.44. The van der Waals surface area contributed by atoms with Crippen LogP contribution in [-0.4, -0.2) is 48.6 Å². The Morgan fingerprint density at radius 2 is 2.00 bits per heavy atom. The minimum Gasteiger partial charge on any atom is -0.486 e. The number of benzene rings is 1. The summed E-state index contributed by atoms with van der Waals surface area (Å²) in [6.07, 6.45) is 3.90. The third-order valence-electron chi connectivity index (χ3n) is 4.31. The Morgan fingerprint density at radius 3 is 2.82 bits per heavy atom. The molecule has 0 atom stereocenters. The van der Waals surface area contributed by atoms with Gasteiger partial charge in [0.1, 0.15) is 18.0 Å². The monoisotopic (exact) mass is 382 g/mol. The fourth-order valence-electron chi connectivity index (χ4n) is 2.86. The summed E-state index contributed by atoms with van der Waals surface area (Å²) in [6, 6.07) is 11.2. The number of pyridine rings is 1. The minimum absolute atomic E-state index is 0.157. The Kier molecular flexibility index (Phi) is 7.00. The molecule has 0 radical (unpaired) electrons. The van der Waals surface area contributed by atoms with E-state index < -0.39 is 0 Å². The summed E-state index contributed by atoms with van der Waals surface area (Å²) in [5.74, 6) is 0.385. The summed E-state index contributed by atoms with van der Waals surface area (Å²) in [4.78, 5) is 17.1. The van der Waals surface area contributed by atoms with Gasteiger partial charge in [0.25, 0.3) is 5.91 Å². The fourth-order valence-corrected chi connectivity index (χ4v) is 2.86. The fraction of sp³-hybridized carbons (Fsp3) is 0.333. The van der Waals surface area contributed by atoms with Gasteiger partial charge in [-0.2, -0.15) is 0 Å². The Bertz CT molecular complexity index is 923. The van der Waals surface area contributed by atoms with Crippen LogP contribution in [0.2, 0.25) is 0 Å². The first-order chi connectivity index (χ1) is 13.7. The number of carbonyl (C=O) groups excluding carboxylic acids is 1. The van der Waals surface area contributed by atoms with Crippen molar-refractivity contribution in [3.63, 3.8) is 0 Å². The van der Waals surface area contributed by atoms with Crippen LogP contribution in [0.1, 0.15) is 21.6 Å². The minimum atomic E-state index is -0.157. The SMILES string of the molecule is COCCNCCNC(=O)c1ccccc1OCc1cn2cccc(C)c2n1. The molecule has 1 aromatic carbocycles. The maximum atomic E-state index is 12.5. The largest absolute Gasteiger partial charge is 0.486 e. The number of imidazole rings is 1. The molecule has 2 heterocycles. The zero-order valence-corrected chi connectivity index (χ0v) is 16.3. The van der Waals surface area contributed by atoms with Crippen LogP contribution in [0.15, 0.2) is 48.8 Å². The van der Waals surface area contributed by atoms with E-state index in [1.807, 2.05) is 48.0 Å². The molecule has 0 saturated carbocycles. The molecular weight excluding hydrogens is 356 g/mol. The maximum absolute atomic E-state index is 12.5. The summed E-state index contributed by atoms with van der Waals surface area (Å²) in [7, 11) is 1.66. The molecular formula is C21H26N4O3. The highest BCUT2D eigenvalue weighted by atomic mass is 16.5. The maximum Gasteiger partial charge on any atom is 0.255 e. The van der Waals surface area contributed by atoms with Gasteiger partial charge in [-0.3, -0.25) is 4.79 Å². The average molecular weight is 382 g/mol. The van der Waals surface area contributed by atoms with Crippen LogP contribution in [0.5, 0.6) is 5.75 Å². The number of amides is 1. The van der Waals surface area contributed by atoms with Gasteiger partial charge in [-0.1, -0.05) is 18.2 Å². The second kappa shape index (κ2) is 9.87. The van der Waals surface area contributed by atoms with Crippen molar-refractivity contribution in [1.82, 2.24) is 20.0 Å². The third kappa shape index (κ3) is 5.09. The van der Waals surface area contributed by atoms with Crippen molar-refractivity contribution in [3.8, 4) is 5.75 Å². The lowest BCUT2D eigenvalue weighted by atomic mass is 10.2. The predicted octanol–water partition coefficient (Wildman–Crippen LogP) is 2.19. The predicted molar refractivity (Wildman–Crippen MR) is 108 cm³/mol. The standard InChI is InChI=1S/C21H26N4O3/c1-16-6-5-12-25-14-17(24-20(16)25)15-28-19-8-4-3-7-18(19)21(26)23-10-9-22-11-13-27-2/h3-8,12,14,22H,9-11,13,15H2,1-2H3,(H,23,26). The van der Waals surface area contributed by atoms with Crippen molar-refractivity contribution in [3.05, 3.63) is 65.6 Å². The molecule has 3 aromatic rings. The van der Waals surface area contributed by atoms with E-state index in [4.69, 9.17) is 9.47 Å². The number of rotatable bonds is 10. The van der Waals surface area contributed by atoms with Gasteiger partial charge in [0.15, 0.2) is 0 Å². The molecule has 0 fully saturated rings. The molecule has 28 heavy (non-hydrogen) atoms. The molecule has 0 bridgehead atoms. The van der Waals surface area contributed by atoms with Crippen LogP contribution < -0.4 is 15.4 Å². The van der Waals surface area contributed by atoms with Crippen LogP contribution in [0.3, 0.4) is 0 Å². The van der Waals surface area contributed by atoms with Crippen molar-refractivity contribution in [1.29, 1.82) is 0 Å². The highest BCUT2D eigenvalue weighted by Crippen LogP contribution is 2.19. The lowest BCUT2D eigenvalue weighted by molar-refractivity contribution is 0.0949. The molecule has 0 spiro atoms. The van der Waals surface area contributed by atoms with Crippen molar-refractivity contribution in [2.24, 2.45) is 0 Å². The number of aryl methyl sites for hydroxylation is 1. The summed E-state index contributed by atoms with van der Waals surface area (Å²) < 4.78 is 12.9. The highest BCUT2D eigenvalue weighted by Gasteiger charge is 2.12. The lowest BCUT2D eigenvalue weighted by Crippen LogP contribution is -2.33. The van der Waals surface area contributed by atoms with Gasteiger partial charge < -0.3 is 24.5 Å². The van der Waals surface area contributed by atoms with E-state index in [2.05, 4.69) is 15.6 Å². The molecule has 7 heteroatoms. The van der Waals surface area contributed by atoms with Crippen molar-refractivity contribution in [2.75, 3.05) is 33.4 Å². The van der Waals surface area contributed by atoms with Crippen molar-refractivity contribution >= 4 is 11.6 Å². The van der Waals surface area contributed by atoms with Gasteiger partial charge in [0.05, 0.1) is 17.9 Å². The van der Waals surface area contributed by atoms with E-state index in [9.17, 15) is 4.79 Å². The number of fused-ring (bicyclic) bond motifs is 1. The molecule has 0 aliphatic carbocycles. The summed E-state index contributed by atoms with van der Waals surface area (Å²) in [5, 5.41) is 6.09. The number of para-hydroxylation sites is 1.